The van der Waals surface area contributed by atoms with E-state index in [0.717, 1.165) is 24.3 Å². The van der Waals surface area contributed by atoms with Crippen molar-refractivity contribution in [2.45, 2.75) is 31.8 Å². The van der Waals surface area contributed by atoms with Crippen LogP contribution in [-0.2, 0) is 4.79 Å². The van der Waals surface area contributed by atoms with Gasteiger partial charge >= 0.3 is 0 Å². The maximum atomic E-state index is 11.5. The van der Waals surface area contributed by atoms with Gasteiger partial charge in [0.05, 0.1) is 7.11 Å². The van der Waals surface area contributed by atoms with Gasteiger partial charge in [-0.3, -0.25) is 4.79 Å². The molecule has 1 saturated heterocycles. The Balaban J connectivity index is 2.06. The number of rotatable bonds is 4. The van der Waals surface area contributed by atoms with Crippen LogP contribution in [0.25, 0.3) is 0 Å². The van der Waals surface area contributed by atoms with Crippen LogP contribution in [0.4, 0.5) is 0 Å². The lowest BCUT2D eigenvalue weighted by atomic mass is 10.0. The van der Waals surface area contributed by atoms with E-state index in [-0.39, 0.29) is 11.9 Å². The van der Waals surface area contributed by atoms with Crippen molar-refractivity contribution in [1.82, 2.24) is 10.2 Å². The molecule has 1 aromatic carbocycles. The summed E-state index contributed by atoms with van der Waals surface area (Å²) in [5.74, 6) is 1.05. The van der Waals surface area contributed by atoms with Crippen LogP contribution in [-0.4, -0.2) is 37.6 Å². The molecule has 0 saturated carbocycles. The fourth-order valence-electron chi connectivity index (χ4n) is 2.64. The van der Waals surface area contributed by atoms with E-state index >= 15 is 0 Å². The first-order valence-electron chi connectivity index (χ1n) is 6.84. The Hall–Kier alpha value is -1.26. The third-order valence-electron chi connectivity index (χ3n) is 3.77. The number of hydrogen-bond donors (Lipinski definition) is 1. The van der Waals surface area contributed by atoms with E-state index < -0.39 is 0 Å². The third-order valence-corrected chi connectivity index (χ3v) is 4.01. The zero-order chi connectivity index (χ0) is 14.7. The fraction of sp³-hybridized carbons (Fsp3) is 0.533. The Kier molecular flexibility index (Phi) is 4.89. The lowest BCUT2D eigenvalue weighted by Gasteiger charge is -2.32. The lowest BCUT2D eigenvalue weighted by Crippen LogP contribution is -2.47. The smallest absolute Gasteiger partial charge is 0.222 e. The molecule has 20 heavy (non-hydrogen) atoms. The van der Waals surface area contributed by atoms with E-state index in [1.54, 1.807) is 12.0 Å². The quantitative estimate of drug-likeness (QED) is 0.929. The first-order chi connectivity index (χ1) is 9.51. The van der Waals surface area contributed by atoms with E-state index in [0.29, 0.717) is 17.5 Å². The highest BCUT2D eigenvalue weighted by atomic mass is 35.5. The predicted molar refractivity (Wildman–Crippen MR) is 80.2 cm³/mol. The summed E-state index contributed by atoms with van der Waals surface area (Å²) in [6.07, 6.45) is 1.48. The Morgan fingerprint density at radius 2 is 2.25 bits per heavy atom. The van der Waals surface area contributed by atoms with E-state index in [1.165, 1.54) is 0 Å². The predicted octanol–water partition coefficient (Wildman–Crippen LogP) is 2.62. The van der Waals surface area contributed by atoms with Gasteiger partial charge in [-0.2, -0.15) is 0 Å². The summed E-state index contributed by atoms with van der Waals surface area (Å²) in [4.78, 5) is 13.3. The number of ether oxygens (including phenoxy) is 1. The molecule has 4 nitrogen and oxygen atoms in total. The topological polar surface area (TPSA) is 41.6 Å². The van der Waals surface area contributed by atoms with Gasteiger partial charge in [0.1, 0.15) is 5.75 Å². The number of methoxy groups -OCH3 is 1. The number of carbonyl (C=O) groups excluding carboxylic acids is 1. The average molecular weight is 297 g/mol. The maximum absolute atomic E-state index is 11.5. The number of amides is 1. The second-order valence-corrected chi connectivity index (χ2v) is 5.72. The molecular weight excluding hydrogens is 276 g/mol. The molecule has 0 aromatic heterocycles. The Morgan fingerprint density at radius 3 is 2.90 bits per heavy atom. The summed E-state index contributed by atoms with van der Waals surface area (Å²) in [6, 6.07) is 6.05. The lowest BCUT2D eigenvalue weighted by molar-refractivity contribution is -0.132. The van der Waals surface area contributed by atoms with Crippen molar-refractivity contribution in [3.8, 4) is 5.75 Å². The van der Waals surface area contributed by atoms with Crippen LogP contribution < -0.4 is 10.1 Å². The van der Waals surface area contributed by atoms with Gasteiger partial charge in [-0.1, -0.05) is 11.6 Å². The summed E-state index contributed by atoms with van der Waals surface area (Å²) in [5, 5.41) is 4.25. The van der Waals surface area contributed by atoms with Crippen molar-refractivity contribution in [2.75, 3.05) is 20.7 Å². The summed E-state index contributed by atoms with van der Waals surface area (Å²) in [6.45, 7) is 2.83. The zero-order valence-corrected chi connectivity index (χ0v) is 12.9. The van der Waals surface area contributed by atoms with Crippen molar-refractivity contribution in [2.24, 2.45) is 0 Å². The molecule has 110 valence electrons. The van der Waals surface area contributed by atoms with Gasteiger partial charge in [0.25, 0.3) is 0 Å². The molecule has 0 unspecified atom stereocenters. The summed E-state index contributed by atoms with van der Waals surface area (Å²) >= 11 is 6.07. The van der Waals surface area contributed by atoms with E-state index in [1.807, 2.05) is 25.2 Å². The molecule has 0 radical (unpaired) electrons. The second kappa shape index (κ2) is 6.46. The van der Waals surface area contributed by atoms with Gasteiger partial charge in [-0.25, -0.2) is 0 Å². The van der Waals surface area contributed by atoms with Crippen molar-refractivity contribution in [3.63, 3.8) is 0 Å². The highest BCUT2D eigenvalue weighted by Crippen LogP contribution is 2.29. The number of halogens is 1. The molecule has 1 heterocycles. The zero-order valence-electron chi connectivity index (χ0n) is 12.1. The highest BCUT2D eigenvalue weighted by Gasteiger charge is 2.24. The molecule has 0 bridgehead atoms. The molecule has 1 fully saturated rings. The number of hydrogen-bond acceptors (Lipinski definition) is 3. The molecule has 0 aliphatic carbocycles. The normalized spacial score (nSPS) is 20.9. The van der Waals surface area contributed by atoms with Crippen LogP contribution in [0.15, 0.2) is 18.2 Å². The first-order valence-corrected chi connectivity index (χ1v) is 7.22. The fourth-order valence-corrected chi connectivity index (χ4v) is 2.82. The molecule has 2 atom stereocenters. The van der Waals surface area contributed by atoms with Gasteiger partial charge in [-0.05, 0) is 31.5 Å². The second-order valence-electron chi connectivity index (χ2n) is 5.28. The number of benzene rings is 1. The van der Waals surface area contributed by atoms with Crippen molar-refractivity contribution in [3.05, 3.63) is 28.8 Å². The summed E-state index contributed by atoms with van der Waals surface area (Å²) < 4.78 is 5.39. The van der Waals surface area contributed by atoms with Gasteiger partial charge in [0.2, 0.25) is 5.91 Å². The van der Waals surface area contributed by atoms with Crippen molar-refractivity contribution < 1.29 is 9.53 Å². The number of piperidine rings is 1. The Bertz CT molecular complexity index is 493. The standard InChI is InChI=1S/C15H21ClN2O2/c1-10(13-8-11(16)4-6-14(13)20-3)17-12-5-7-15(19)18(2)9-12/h4,6,8,10,12,17H,5,7,9H2,1-3H3/t10-,12-/m1/s1. The van der Waals surface area contributed by atoms with E-state index in [9.17, 15) is 4.79 Å². The minimum absolute atomic E-state index is 0.121. The summed E-state index contributed by atoms with van der Waals surface area (Å²) in [7, 11) is 3.51. The Labute approximate surface area is 125 Å². The van der Waals surface area contributed by atoms with Gasteiger partial charge in [0.15, 0.2) is 0 Å². The van der Waals surface area contributed by atoms with Crippen LogP contribution in [0.5, 0.6) is 5.75 Å². The van der Waals surface area contributed by atoms with E-state index in [4.69, 9.17) is 16.3 Å². The molecule has 1 amide bonds. The Morgan fingerprint density at radius 1 is 1.50 bits per heavy atom. The molecule has 5 heteroatoms. The average Bonchev–Trinajstić information content (AvgIpc) is 2.43. The molecule has 1 aliphatic rings. The van der Waals surface area contributed by atoms with Crippen LogP contribution in [0.1, 0.15) is 31.4 Å². The number of likely N-dealkylation sites (N-methyl/N-ethyl adjacent to an activating group) is 1. The monoisotopic (exact) mass is 296 g/mol. The maximum Gasteiger partial charge on any atom is 0.222 e. The minimum atomic E-state index is 0.121. The minimum Gasteiger partial charge on any atom is -0.496 e. The molecular formula is C15H21ClN2O2. The molecule has 1 aliphatic heterocycles. The summed E-state index contributed by atoms with van der Waals surface area (Å²) in [5.41, 5.74) is 1.04. The van der Waals surface area contributed by atoms with Crippen LogP contribution in [0.2, 0.25) is 5.02 Å². The van der Waals surface area contributed by atoms with Gasteiger partial charge < -0.3 is 15.0 Å². The van der Waals surface area contributed by atoms with Gasteiger partial charge in [0, 0.05) is 42.7 Å². The van der Waals surface area contributed by atoms with Crippen LogP contribution in [0.3, 0.4) is 0 Å². The number of carbonyl (C=O) groups is 1. The molecule has 0 spiro atoms. The van der Waals surface area contributed by atoms with Crippen LogP contribution >= 0.6 is 11.6 Å². The highest BCUT2D eigenvalue weighted by molar-refractivity contribution is 6.30. The first kappa shape index (κ1) is 15.1. The number of likely N-dealkylation sites (tertiary alicyclic amines) is 1. The molecule has 1 aromatic rings. The third kappa shape index (κ3) is 3.44. The van der Waals surface area contributed by atoms with Crippen molar-refractivity contribution in [1.29, 1.82) is 0 Å². The van der Waals surface area contributed by atoms with E-state index in [2.05, 4.69) is 12.2 Å². The van der Waals surface area contributed by atoms with Crippen molar-refractivity contribution >= 4 is 17.5 Å². The molecule has 2 rings (SSSR count). The number of nitrogens with one attached hydrogen (secondary N) is 1. The van der Waals surface area contributed by atoms with Gasteiger partial charge in [-0.15, -0.1) is 0 Å². The van der Waals surface area contributed by atoms with Crippen LogP contribution in [0, 0.1) is 0 Å². The largest absolute Gasteiger partial charge is 0.496 e. The number of nitrogens with zero attached hydrogens (tertiary/aromatic N) is 1. The molecule has 1 N–H and O–H groups in total. The SMILES string of the molecule is COc1ccc(Cl)cc1[C@@H](C)N[C@@H]1CCC(=O)N(C)C1.